The van der Waals surface area contributed by atoms with E-state index in [1.807, 2.05) is 27.7 Å². The first kappa shape index (κ1) is 51.3. The van der Waals surface area contributed by atoms with Crippen molar-refractivity contribution in [2.45, 2.75) is 175 Å². The van der Waals surface area contributed by atoms with E-state index in [4.69, 9.17) is 36.7 Å². The number of hydrogen-bond acceptors (Lipinski definition) is 8. The van der Waals surface area contributed by atoms with Gasteiger partial charge in [-0.25, -0.2) is 0 Å². The lowest BCUT2D eigenvalue weighted by Crippen LogP contribution is -2.39. The minimum absolute atomic E-state index is 0.214. The second-order valence-corrected chi connectivity index (χ2v) is 23.6. The van der Waals surface area contributed by atoms with E-state index in [-0.39, 0.29) is 5.41 Å². The van der Waals surface area contributed by atoms with Gasteiger partial charge in [-0.3, -0.25) is 0 Å². The topological polar surface area (TPSA) is 73.8 Å². The number of benzene rings is 1. The number of unbranched alkanes of at least 4 members (excludes halogenated alkanes) is 7. The number of ether oxygens (including phenoxy) is 4. The maximum absolute atomic E-state index is 6.27. The molecule has 1 saturated carbocycles. The standard InChI is InChI=1S/C46H88O8Si2/c1-9-14-19-24-42-25-27-43(28-26-42)44-29-31-45(32-30-44)50-36-21-18-16-15-17-20-33-47-39-46(6,40-48-34-22-37-55(7,51-10-2)52-11-3)41-49-35-23-38-56(8,53-12-4)54-13-5/h29-32,42-43H,9-28,33-41H2,1-8H3. The van der Waals surface area contributed by atoms with Gasteiger partial charge in [0, 0.05) is 51.7 Å². The molecule has 0 N–H and O–H groups in total. The first-order valence-electron chi connectivity index (χ1n) is 23.2. The Morgan fingerprint density at radius 3 is 1.45 bits per heavy atom. The molecule has 0 aliphatic heterocycles. The molecule has 8 nitrogen and oxygen atoms in total. The molecule has 0 saturated heterocycles. The molecule has 0 aromatic heterocycles. The molecule has 56 heavy (non-hydrogen) atoms. The summed E-state index contributed by atoms with van der Waals surface area (Å²) in [6, 6.07) is 10.9. The average molecular weight is 825 g/mol. The summed E-state index contributed by atoms with van der Waals surface area (Å²) in [7, 11) is -4.26. The zero-order valence-electron chi connectivity index (χ0n) is 37.7. The summed E-state index contributed by atoms with van der Waals surface area (Å²) in [5.74, 6) is 2.72. The van der Waals surface area contributed by atoms with Crippen LogP contribution in [0.2, 0.25) is 25.2 Å². The second kappa shape index (κ2) is 31.1. The minimum atomic E-state index is -2.13. The monoisotopic (exact) mass is 825 g/mol. The molecule has 0 atom stereocenters. The van der Waals surface area contributed by atoms with E-state index in [0.29, 0.717) is 59.5 Å². The molecule has 0 bridgehead atoms. The van der Waals surface area contributed by atoms with Crippen LogP contribution in [0, 0.1) is 11.3 Å². The predicted octanol–water partition coefficient (Wildman–Crippen LogP) is 12.4. The molecule has 1 aromatic rings. The van der Waals surface area contributed by atoms with Gasteiger partial charge in [0.1, 0.15) is 5.75 Å². The van der Waals surface area contributed by atoms with E-state index in [1.165, 1.54) is 82.6 Å². The Kier molecular flexibility index (Phi) is 28.5. The largest absolute Gasteiger partial charge is 0.494 e. The molecule has 0 spiro atoms. The van der Waals surface area contributed by atoms with Crippen LogP contribution in [0.4, 0.5) is 0 Å². The SMILES string of the molecule is CCCCCC1CCC(c2ccc(OCCCCCCCCOCC(C)(COCCC[Si](C)(OCC)OCC)COCCC[Si](C)(OCC)OCC)cc2)CC1. The summed E-state index contributed by atoms with van der Waals surface area (Å²) in [6.45, 7) is 24.5. The van der Waals surface area contributed by atoms with Crippen molar-refractivity contribution in [2.24, 2.45) is 11.3 Å². The second-order valence-electron chi connectivity index (χ2n) is 16.9. The van der Waals surface area contributed by atoms with Crippen molar-refractivity contribution in [3.8, 4) is 5.75 Å². The third-order valence-electron chi connectivity index (χ3n) is 11.4. The van der Waals surface area contributed by atoms with Crippen molar-refractivity contribution in [1.29, 1.82) is 0 Å². The van der Waals surface area contributed by atoms with Gasteiger partial charge in [0.2, 0.25) is 0 Å². The van der Waals surface area contributed by atoms with E-state index < -0.39 is 17.1 Å². The van der Waals surface area contributed by atoms with E-state index >= 15 is 0 Å². The quantitative estimate of drug-likeness (QED) is 0.0485. The van der Waals surface area contributed by atoms with E-state index in [1.54, 1.807) is 0 Å². The van der Waals surface area contributed by atoms with Gasteiger partial charge >= 0.3 is 17.1 Å². The van der Waals surface area contributed by atoms with Crippen molar-refractivity contribution in [1.82, 2.24) is 0 Å². The fourth-order valence-corrected chi connectivity index (χ4v) is 12.9. The molecule has 1 aromatic carbocycles. The minimum Gasteiger partial charge on any atom is -0.494 e. The van der Waals surface area contributed by atoms with Gasteiger partial charge in [-0.2, -0.15) is 0 Å². The third kappa shape index (κ3) is 23.1. The molecule has 0 radical (unpaired) electrons. The smallest absolute Gasteiger partial charge is 0.334 e. The average Bonchev–Trinajstić information content (AvgIpc) is 3.18. The fourth-order valence-electron chi connectivity index (χ4n) is 8.17. The van der Waals surface area contributed by atoms with Gasteiger partial charge in [0.15, 0.2) is 0 Å². The fraction of sp³-hybridized carbons (Fsp3) is 0.870. The zero-order valence-corrected chi connectivity index (χ0v) is 39.7. The van der Waals surface area contributed by atoms with Crippen molar-refractivity contribution < 1.29 is 36.7 Å². The van der Waals surface area contributed by atoms with E-state index in [0.717, 1.165) is 68.6 Å². The molecule has 2 rings (SSSR count). The Labute approximate surface area is 347 Å². The van der Waals surface area contributed by atoms with Gasteiger partial charge in [-0.05, 0) is 134 Å². The summed E-state index contributed by atoms with van der Waals surface area (Å²) >= 11 is 0. The maximum Gasteiger partial charge on any atom is 0.334 e. The number of hydrogen-bond donors (Lipinski definition) is 0. The van der Waals surface area contributed by atoms with Crippen LogP contribution in [0.15, 0.2) is 24.3 Å². The molecule has 328 valence electrons. The number of rotatable bonds is 37. The molecule has 1 aliphatic rings. The zero-order chi connectivity index (χ0) is 40.8. The van der Waals surface area contributed by atoms with Crippen molar-refractivity contribution in [3.63, 3.8) is 0 Å². The Morgan fingerprint density at radius 2 is 0.982 bits per heavy atom. The molecule has 0 amide bonds. The first-order chi connectivity index (χ1) is 27.1. The Bertz CT molecular complexity index is 1010. The van der Waals surface area contributed by atoms with Crippen LogP contribution in [-0.4, -0.2) is 89.8 Å². The molecular weight excluding hydrogens is 737 g/mol. The lowest BCUT2D eigenvalue weighted by atomic mass is 9.77. The normalized spacial score (nSPS) is 16.8. The lowest BCUT2D eigenvalue weighted by Gasteiger charge is -2.30. The van der Waals surface area contributed by atoms with Gasteiger partial charge in [-0.1, -0.05) is 77.3 Å². The van der Waals surface area contributed by atoms with Crippen molar-refractivity contribution in [2.75, 3.05) is 72.7 Å². The molecule has 1 aliphatic carbocycles. The van der Waals surface area contributed by atoms with Crippen LogP contribution < -0.4 is 4.74 Å². The summed E-state index contributed by atoms with van der Waals surface area (Å²) in [5.41, 5.74) is 1.29. The van der Waals surface area contributed by atoms with Crippen LogP contribution in [0.1, 0.15) is 156 Å². The molecule has 0 unspecified atom stereocenters. The lowest BCUT2D eigenvalue weighted by molar-refractivity contribution is -0.0605. The Hall–Kier alpha value is -0.826. The van der Waals surface area contributed by atoms with E-state index in [2.05, 4.69) is 51.2 Å². The van der Waals surface area contributed by atoms with Crippen molar-refractivity contribution >= 4 is 17.1 Å². The highest BCUT2D eigenvalue weighted by Gasteiger charge is 2.32. The van der Waals surface area contributed by atoms with Crippen molar-refractivity contribution in [3.05, 3.63) is 29.8 Å². The highest BCUT2D eigenvalue weighted by molar-refractivity contribution is 6.66. The van der Waals surface area contributed by atoms with Gasteiger partial charge in [0.25, 0.3) is 0 Å². The van der Waals surface area contributed by atoms with Gasteiger partial charge in [0.05, 0.1) is 26.4 Å². The predicted molar refractivity (Wildman–Crippen MR) is 238 cm³/mol. The van der Waals surface area contributed by atoms with E-state index in [9.17, 15) is 0 Å². The molecule has 1 fully saturated rings. The van der Waals surface area contributed by atoms with Crippen LogP contribution in [0.5, 0.6) is 5.75 Å². The summed E-state index contributed by atoms with van der Waals surface area (Å²) in [5, 5.41) is 0. The Morgan fingerprint density at radius 1 is 0.536 bits per heavy atom. The molecule has 0 heterocycles. The summed E-state index contributed by atoms with van der Waals surface area (Å²) in [6.07, 6.45) is 20.0. The highest BCUT2D eigenvalue weighted by Crippen LogP contribution is 2.38. The molecule has 10 heteroatoms. The highest BCUT2D eigenvalue weighted by atomic mass is 28.4. The van der Waals surface area contributed by atoms with Gasteiger partial charge < -0.3 is 36.7 Å². The van der Waals surface area contributed by atoms with Gasteiger partial charge in [-0.15, -0.1) is 0 Å². The van der Waals surface area contributed by atoms with Crippen LogP contribution in [-0.2, 0) is 31.9 Å². The summed E-state index contributed by atoms with van der Waals surface area (Å²) < 4.78 is 48.9. The summed E-state index contributed by atoms with van der Waals surface area (Å²) in [4.78, 5) is 0. The van der Waals surface area contributed by atoms with Crippen LogP contribution in [0.25, 0.3) is 0 Å². The molecular formula is C46H88O8Si2. The Balaban J connectivity index is 1.63. The first-order valence-corrected chi connectivity index (χ1v) is 28.2. The van der Waals surface area contributed by atoms with Crippen LogP contribution in [0.3, 0.4) is 0 Å². The maximum atomic E-state index is 6.27. The third-order valence-corrected chi connectivity index (χ3v) is 17.5. The van der Waals surface area contributed by atoms with Crippen LogP contribution >= 0.6 is 0 Å².